The lowest BCUT2D eigenvalue weighted by Gasteiger charge is -2.56. The van der Waals surface area contributed by atoms with Gasteiger partial charge >= 0.3 is 12.1 Å². The monoisotopic (exact) mass is 639 g/mol. The number of piperidine rings is 2. The molecule has 0 spiro atoms. The van der Waals surface area contributed by atoms with Crippen molar-refractivity contribution in [1.82, 2.24) is 19.6 Å². The van der Waals surface area contributed by atoms with Crippen LogP contribution in [0.25, 0.3) is 0 Å². The van der Waals surface area contributed by atoms with Gasteiger partial charge in [0, 0.05) is 61.3 Å². The highest BCUT2D eigenvalue weighted by molar-refractivity contribution is 9.10. The van der Waals surface area contributed by atoms with Gasteiger partial charge in [-0.25, -0.2) is 9.59 Å². The zero-order valence-electron chi connectivity index (χ0n) is 24.9. The first kappa shape index (κ1) is 30.5. The lowest BCUT2D eigenvalue weighted by molar-refractivity contribution is -0.128. The van der Waals surface area contributed by atoms with E-state index in [1.54, 1.807) is 4.90 Å². The molecule has 0 bridgehead atoms. The number of fused-ring (bicyclic) bond motifs is 1. The fourth-order valence-electron chi connectivity index (χ4n) is 6.84. The van der Waals surface area contributed by atoms with Crippen molar-refractivity contribution >= 4 is 40.0 Å². The summed E-state index contributed by atoms with van der Waals surface area (Å²) in [6, 6.07) is 14.0. The van der Waals surface area contributed by atoms with Crippen molar-refractivity contribution in [3.8, 4) is 0 Å². The van der Waals surface area contributed by atoms with Crippen LogP contribution in [0.4, 0.5) is 15.3 Å². The summed E-state index contributed by atoms with van der Waals surface area (Å²) >= 11 is 3.56. The first-order chi connectivity index (χ1) is 20.2. The first-order valence-electron chi connectivity index (χ1n) is 14.9. The number of hydrogen-bond acceptors (Lipinski definition) is 6. The second-order valence-electron chi connectivity index (χ2n) is 12.0. The van der Waals surface area contributed by atoms with Crippen LogP contribution in [0.5, 0.6) is 0 Å². The summed E-state index contributed by atoms with van der Waals surface area (Å²) in [5.41, 5.74) is 3.09. The van der Waals surface area contributed by atoms with Gasteiger partial charge in [-0.3, -0.25) is 9.80 Å². The molecule has 0 aromatic heterocycles. The molecular formula is C32H42BrN5O4. The summed E-state index contributed by atoms with van der Waals surface area (Å²) in [6.07, 6.45) is 4.41. The van der Waals surface area contributed by atoms with Crippen molar-refractivity contribution < 1.29 is 19.1 Å². The molecule has 0 radical (unpaired) electrons. The number of nitrogens with zero attached hydrogens (tertiary/aromatic N) is 4. The highest BCUT2D eigenvalue weighted by Gasteiger charge is 2.51. The Morgan fingerprint density at radius 1 is 1.12 bits per heavy atom. The summed E-state index contributed by atoms with van der Waals surface area (Å²) < 4.78 is 6.87. The number of carbonyl (C=O) groups excluding carboxylic acids is 3. The van der Waals surface area contributed by atoms with Crippen molar-refractivity contribution in [1.29, 1.82) is 0 Å². The molecule has 2 fully saturated rings. The minimum absolute atomic E-state index is 0.122. The van der Waals surface area contributed by atoms with Gasteiger partial charge in [0.25, 0.3) is 0 Å². The van der Waals surface area contributed by atoms with Crippen molar-refractivity contribution in [2.45, 2.75) is 69.8 Å². The maximum atomic E-state index is 13.8. The topological polar surface area (TPSA) is 85.4 Å². The first-order valence-corrected chi connectivity index (χ1v) is 15.7. The number of amides is 3. The van der Waals surface area contributed by atoms with Crippen LogP contribution >= 0.6 is 15.9 Å². The average Bonchev–Trinajstić information content (AvgIpc) is 3.15. The second kappa shape index (κ2) is 13.1. The third kappa shape index (κ3) is 6.35. The van der Waals surface area contributed by atoms with E-state index in [4.69, 9.17) is 4.74 Å². The van der Waals surface area contributed by atoms with Gasteiger partial charge in [0.1, 0.15) is 18.6 Å². The van der Waals surface area contributed by atoms with E-state index in [9.17, 15) is 14.4 Å². The van der Waals surface area contributed by atoms with E-state index < -0.39 is 11.8 Å². The van der Waals surface area contributed by atoms with Gasteiger partial charge in [-0.1, -0.05) is 46.3 Å². The van der Waals surface area contributed by atoms with E-state index in [1.807, 2.05) is 48.2 Å². The highest BCUT2D eigenvalue weighted by Crippen LogP contribution is 2.39. The summed E-state index contributed by atoms with van der Waals surface area (Å²) in [7, 11) is 4.20. The van der Waals surface area contributed by atoms with Crippen LogP contribution in [0.3, 0.4) is 0 Å². The largest absolute Gasteiger partial charge is 0.445 e. The van der Waals surface area contributed by atoms with Gasteiger partial charge in [0.15, 0.2) is 0 Å². The molecule has 3 heterocycles. The maximum absolute atomic E-state index is 13.8. The Labute approximate surface area is 257 Å². The number of para-hydroxylation sites is 1. The predicted octanol–water partition coefficient (Wildman–Crippen LogP) is 5.26. The number of benzene rings is 2. The number of urea groups is 1. The molecule has 9 nitrogen and oxygen atoms in total. The van der Waals surface area contributed by atoms with Gasteiger partial charge in [-0.15, -0.1) is 0 Å². The molecule has 2 aromatic rings. The second-order valence-corrected chi connectivity index (χ2v) is 12.9. The Morgan fingerprint density at radius 3 is 2.60 bits per heavy atom. The number of nitrogens with one attached hydrogen (secondary N) is 1. The zero-order valence-corrected chi connectivity index (χ0v) is 26.4. The van der Waals surface area contributed by atoms with E-state index in [2.05, 4.69) is 51.2 Å². The Kier molecular flexibility index (Phi) is 9.54. The number of likely N-dealkylation sites (tertiary alicyclic amines) is 2. The number of aryl methyl sites for hydroxylation is 1. The number of hydrogen-bond donors (Lipinski definition) is 1. The standard InChI is InChI=1S/C32H42BrN5O4/c1-23-8-9-24(20-28(23)33)22-42-31(41)38-18-13-27(37-17-10-25-6-4-5-7-29(25)34-30(37)40)21-32(38,14-19-39)36-15-11-26(12-16-36)35(2)3/h4-9,19-20,26-27H,10-18,21-22H2,1-3H3,(H,34,40)/t27-,32+/m1/s1. The Morgan fingerprint density at radius 2 is 1.88 bits per heavy atom. The molecule has 42 heavy (non-hydrogen) atoms. The number of ether oxygens (including phenoxy) is 1. The van der Waals surface area contributed by atoms with Crippen molar-refractivity contribution in [3.63, 3.8) is 0 Å². The average molecular weight is 641 g/mol. The van der Waals surface area contributed by atoms with Crippen molar-refractivity contribution in [2.75, 3.05) is 45.6 Å². The lowest BCUT2D eigenvalue weighted by atomic mass is 9.84. The molecule has 2 saturated heterocycles. The maximum Gasteiger partial charge on any atom is 0.411 e. The number of rotatable bonds is 7. The van der Waals surface area contributed by atoms with Gasteiger partial charge in [-0.05, 0) is 75.5 Å². The van der Waals surface area contributed by atoms with E-state index in [1.165, 1.54) is 0 Å². The van der Waals surface area contributed by atoms with E-state index in [-0.39, 0.29) is 25.1 Å². The molecule has 10 heteroatoms. The van der Waals surface area contributed by atoms with Gasteiger partial charge in [-0.2, -0.15) is 0 Å². The van der Waals surface area contributed by atoms with Crippen LogP contribution in [0.1, 0.15) is 48.8 Å². The van der Waals surface area contributed by atoms with E-state index in [0.29, 0.717) is 32.0 Å². The van der Waals surface area contributed by atoms with Crippen LogP contribution in [-0.2, 0) is 22.6 Å². The minimum atomic E-state index is -0.869. The van der Waals surface area contributed by atoms with Crippen LogP contribution in [0.15, 0.2) is 46.9 Å². The summed E-state index contributed by atoms with van der Waals surface area (Å²) in [5, 5.41) is 3.10. The summed E-state index contributed by atoms with van der Waals surface area (Å²) in [6.45, 7) is 4.66. The predicted molar refractivity (Wildman–Crippen MR) is 166 cm³/mol. The Balaban J connectivity index is 1.40. The molecule has 226 valence electrons. The quantitative estimate of drug-likeness (QED) is 0.416. The molecule has 2 atom stereocenters. The number of aldehydes is 1. The Hall–Kier alpha value is -2.95. The molecular weight excluding hydrogens is 598 g/mol. The third-order valence-electron chi connectivity index (χ3n) is 9.35. The van der Waals surface area contributed by atoms with Crippen LogP contribution in [-0.4, -0.2) is 96.0 Å². The highest BCUT2D eigenvalue weighted by atomic mass is 79.9. The third-order valence-corrected chi connectivity index (χ3v) is 10.2. The van der Waals surface area contributed by atoms with Crippen molar-refractivity contribution in [2.24, 2.45) is 0 Å². The minimum Gasteiger partial charge on any atom is -0.445 e. The van der Waals surface area contributed by atoms with Gasteiger partial charge in [0.2, 0.25) is 0 Å². The smallest absolute Gasteiger partial charge is 0.411 e. The molecule has 0 unspecified atom stereocenters. The van der Waals surface area contributed by atoms with Gasteiger partial charge < -0.3 is 24.6 Å². The lowest BCUT2D eigenvalue weighted by Crippen LogP contribution is -2.69. The fourth-order valence-corrected chi connectivity index (χ4v) is 7.27. The number of anilines is 1. The summed E-state index contributed by atoms with van der Waals surface area (Å²) in [4.78, 5) is 47.9. The molecule has 0 aliphatic carbocycles. The number of halogens is 1. The normalized spacial score (nSPS) is 23.7. The van der Waals surface area contributed by atoms with Crippen molar-refractivity contribution in [3.05, 3.63) is 63.6 Å². The fraction of sp³-hybridized carbons (Fsp3) is 0.531. The molecule has 5 rings (SSSR count). The molecule has 0 saturated carbocycles. The summed E-state index contributed by atoms with van der Waals surface area (Å²) in [5.74, 6) is 0. The molecule has 1 N–H and O–H groups in total. The zero-order chi connectivity index (χ0) is 29.9. The van der Waals surface area contributed by atoms with Crippen LogP contribution in [0.2, 0.25) is 0 Å². The van der Waals surface area contributed by atoms with E-state index >= 15 is 0 Å². The molecule has 3 aliphatic rings. The molecule has 3 aliphatic heterocycles. The van der Waals surface area contributed by atoms with E-state index in [0.717, 1.165) is 65.5 Å². The van der Waals surface area contributed by atoms with Crippen LogP contribution < -0.4 is 5.32 Å². The molecule has 2 aromatic carbocycles. The van der Waals surface area contributed by atoms with Gasteiger partial charge in [0.05, 0.1) is 0 Å². The van der Waals surface area contributed by atoms with Crippen LogP contribution in [0, 0.1) is 6.92 Å². The number of carbonyl (C=O) groups is 3. The molecule has 3 amide bonds. The SMILES string of the molecule is Cc1ccc(COC(=O)N2CC[C@@H](N3CCc4ccccc4NC3=O)C[C@@]2(CC=O)N2CCC(N(C)C)CC2)cc1Br. The Bertz CT molecular complexity index is 1300.